The Balaban J connectivity index is 2.08. The Morgan fingerprint density at radius 3 is 3.00 bits per heavy atom. The van der Waals surface area contributed by atoms with Crippen molar-refractivity contribution >= 4 is 22.4 Å². The van der Waals surface area contributed by atoms with Crippen LogP contribution in [0.25, 0.3) is 0 Å². The van der Waals surface area contributed by atoms with Crippen LogP contribution in [-0.2, 0) is 9.53 Å². The molecule has 0 unspecified atom stereocenters. The minimum Gasteiger partial charge on any atom is -0.378 e. The van der Waals surface area contributed by atoms with Crippen LogP contribution in [0.2, 0.25) is 0 Å². The van der Waals surface area contributed by atoms with Crippen LogP contribution < -0.4 is 4.90 Å². The first-order valence-corrected chi connectivity index (χ1v) is 7.77. The summed E-state index contributed by atoms with van der Waals surface area (Å²) in [5.41, 5.74) is 1.08. The highest BCUT2D eigenvalue weighted by molar-refractivity contribution is 7.14. The second-order valence-corrected chi connectivity index (χ2v) is 6.07. The summed E-state index contributed by atoms with van der Waals surface area (Å²) in [7, 11) is 1.81. The summed E-state index contributed by atoms with van der Waals surface area (Å²) in [6, 6.07) is 0. The van der Waals surface area contributed by atoms with E-state index in [0.29, 0.717) is 12.5 Å². The molecule has 1 aromatic heterocycles. The molecule has 3 atom stereocenters. The maximum Gasteiger partial charge on any atom is 0.234 e. The van der Waals surface area contributed by atoms with Crippen LogP contribution in [0.3, 0.4) is 0 Å². The lowest BCUT2D eigenvalue weighted by Crippen LogP contribution is -2.35. The van der Waals surface area contributed by atoms with Crippen molar-refractivity contribution in [1.82, 2.24) is 4.98 Å². The number of anilines is 1. The molecule has 4 nitrogen and oxygen atoms in total. The summed E-state index contributed by atoms with van der Waals surface area (Å²) in [5, 5.41) is 2.85. The van der Waals surface area contributed by atoms with Gasteiger partial charge in [0.15, 0.2) is 5.13 Å². The van der Waals surface area contributed by atoms with Gasteiger partial charge in [-0.15, -0.1) is 11.3 Å². The van der Waals surface area contributed by atoms with E-state index in [9.17, 15) is 4.79 Å². The lowest BCUT2D eigenvalue weighted by Gasteiger charge is -2.20. The van der Waals surface area contributed by atoms with Crippen LogP contribution in [0, 0.1) is 5.92 Å². The lowest BCUT2D eigenvalue weighted by atomic mass is 10.0. The lowest BCUT2D eigenvalue weighted by molar-refractivity contribution is -0.123. The van der Waals surface area contributed by atoms with Gasteiger partial charge in [-0.05, 0) is 25.7 Å². The molecule has 5 heteroatoms. The zero-order valence-corrected chi connectivity index (χ0v) is 12.9. The van der Waals surface area contributed by atoms with Crippen LogP contribution in [-0.4, -0.2) is 30.6 Å². The van der Waals surface area contributed by atoms with Gasteiger partial charge in [-0.3, -0.25) is 9.69 Å². The first-order chi connectivity index (χ1) is 9.04. The van der Waals surface area contributed by atoms with E-state index in [1.54, 1.807) is 16.2 Å². The molecule has 1 amide bonds. The third kappa shape index (κ3) is 2.98. The molecular weight excluding hydrogens is 260 g/mol. The molecule has 1 fully saturated rings. The standard InChI is InChI=1S/C14H22N2O2S/c1-5-9(2)12-8-19-14(15-12)16(4)13(17)11-6-7-18-10(11)3/h8-11H,5-7H2,1-4H3/t9-,10+,11-/m0/s1. The topological polar surface area (TPSA) is 42.4 Å². The van der Waals surface area contributed by atoms with Gasteiger partial charge < -0.3 is 4.74 Å². The molecule has 106 valence electrons. The zero-order valence-electron chi connectivity index (χ0n) is 12.0. The van der Waals surface area contributed by atoms with Crippen LogP contribution in [0.1, 0.15) is 45.2 Å². The number of carbonyl (C=O) groups is 1. The molecule has 1 aliphatic heterocycles. The van der Waals surface area contributed by atoms with Gasteiger partial charge >= 0.3 is 0 Å². The number of ether oxygens (including phenoxy) is 1. The van der Waals surface area contributed by atoms with Crippen molar-refractivity contribution in [2.24, 2.45) is 5.92 Å². The monoisotopic (exact) mass is 282 g/mol. The van der Waals surface area contributed by atoms with Crippen molar-refractivity contribution in [3.63, 3.8) is 0 Å². The van der Waals surface area contributed by atoms with Crippen LogP contribution in [0.5, 0.6) is 0 Å². The molecule has 2 heterocycles. The van der Waals surface area contributed by atoms with Crippen LogP contribution in [0.15, 0.2) is 5.38 Å². The summed E-state index contributed by atoms with van der Waals surface area (Å²) >= 11 is 1.54. The highest BCUT2D eigenvalue weighted by atomic mass is 32.1. The smallest absolute Gasteiger partial charge is 0.234 e. The Labute approximate surface area is 118 Å². The third-order valence-corrected chi connectivity index (χ3v) is 4.87. The Bertz CT molecular complexity index is 446. The SMILES string of the molecule is CC[C@H](C)c1csc(N(C)C(=O)[C@H]2CCO[C@@H]2C)n1. The fraction of sp³-hybridized carbons (Fsp3) is 0.714. The average molecular weight is 282 g/mol. The minimum absolute atomic E-state index is 0.0175. The van der Waals surface area contributed by atoms with Crippen molar-refractivity contribution in [3.8, 4) is 0 Å². The number of rotatable bonds is 4. The molecule has 2 rings (SSSR count). The van der Waals surface area contributed by atoms with E-state index in [1.807, 2.05) is 14.0 Å². The number of nitrogens with zero attached hydrogens (tertiary/aromatic N) is 2. The second-order valence-electron chi connectivity index (χ2n) is 5.23. The van der Waals surface area contributed by atoms with E-state index in [-0.39, 0.29) is 17.9 Å². The van der Waals surface area contributed by atoms with Crippen molar-refractivity contribution in [2.45, 2.75) is 45.6 Å². The van der Waals surface area contributed by atoms with E-state index in [1.165, 1.54) is 0 Å². The fourth-order valence-corrected chi connectivity index (χ4v) is 3.18. The van der Waals surface area contributed by atoms with Gasteiger partial charge in [-0.2, -0.15) is 0 Å². The molecule has 0 radical (unpaired) electrons. The fourth-order valence-electron chi connectivity index (χ4n) is 2.26. The number of aromatic nitrogens is 1. The summed E-state index contributed by atoms with van der Waals surface area (Å²) in [4.78, 5) is 18.7. The van der Waals surface area contributed by atoms with E-state index < -0.39 is 0 Å². The molecule has 19 heavy (non-hydrogen) atoms. The summed E-state index contributed by atoms with van der Waals surface area (Å²) < 4.78 is 5.47. The molecule has 1 saturated heterocycles. The molecular formula is C14H22N2O2S. The molecule has 0 aliphatic carbocycles. The molecule has 0 spiro atoms. The van der Waals surface area contributed by atoms with Crippen LogP contribution >= 0.6 is 11.3 Å². The van der Waals surface area contributed by atoms with E-state index in [4.69, 9.17) is 4.74 Å². The highest BCUT2D eigenvalue weighted by Crippen LogP contribution is 2.29. The van der Waals surface area contributed by atoms with Gasteiger partial charge in [0.2, 0.25) is 5.91 Å². The summed E-state index contributed by atoms with van der Waals surface area (Å²) in [6.45, 7) is 6.96. The molecule has 0 aromatic carbocycles. The van der Waals surface area contributed by atoms with E-state index >= 15 is 0 Å². The first-order valence-electron chi connectivity index (χ1n) is 6.89. The minimum atomic E-state index is -0.0269. The zero-order chi connectivity index (χ0) is 14.0. The normalized spacial score (nSPS) is 24.4. The number of hydrogen-bond donors (Lipinski definition) is 0. The van der Waals surface area contributed by atoms with Gasteiger partial charge in [-0.1, -0.05) is 13.8 Å². The van der Waals surface area contributed by atoms with Crippen molar-refractivity contribution in [1.29, 1.82) is 0 Å². The van der Waals surface area contributed by atoms with Crippen molar-refractivity contribution < 1.29 is 9.53 Å². The Morgan fingerprint density at radius 2 is 2.42 bits per heavy atom. The second kappa shape index (κ2) is 6.01. The van der Waals surface area contributed by atoms with Gasteiger partial charge in [-0.25, -0.2) is 4.98 Å². The first kappa shape index (κ1) is 14.5. The molecule has 0 saturated carbocycles. The quantitative estimate of drug-likeness (QED) is 0.852. The number of hydrogen-bond acceptors (Lipinski definition) is 4. The molecule has 0 bridgehead atoms. The Hall–Kier alpha value is -0.940. The van der Waals surface area contributed by atoms with E-state index in [0.717, 1.165) is 23.7 Å². The molecule has 1 aromatic rings. The summed E-state index contributed by atoms with van der Waals surface area (Å²) in [5.74, 6) is 0.540. The van der Waals surface area contributed by atoms with Gasteiger partial charge in [0.25, 0.3) is 0 Å². The maximum absolute atomic E-state index is 12.4. The number of amides is 1. The van der Waals surface area contributed by atoms with Crippen LogP contribution in [0.4, 0.5) is 5.13 Å². The van der Waals surface area contributed by atoms with Gasteiger partial charge in [0.1, 0.15) is 0 Å². The summed E-state index contributed by atoms with van der Waals surface area (Å²) in [6.07, 6.45) is 1.89. The number of carbonyl (C=O) groups excluding carboxylic acids is 1. The third-order valence-electron chi connectivity index (χ3n) is 3.94. The van der Waals surface area contributed by atoms with Crippen molar-refractivity contribution in [2.75, 3.05) is 18.6 Å². The Morgan fingerprint density at radius 1 is 1.68 bits per heavy atom. The average Bonchev–Trinajstić information content (AvgIpc) is 3.04. The van der Waals surface area contributed by atoms with Crippen molar-refractivity contribution in [3.05, 3.63) is 11.1 Å². The largest absolute Gasteiger partial charge is 0.378 e. The predicted molar refractivity (Wildman–Crippen MR) is 77.8 cm³/mol. The van der Waals surface area contributed by atoms with Gasteiger partial charge in [0.05, 0.1) is 17.7 Å². The Kier molecular flexibility index (Phi) is 4.58. The predicted octanol–water partition coefficient (Wildman–Crippen LogP) is 3.04. The molecule has 1 aliphatic rings. The molecule has 0 N–H and O–H groups in total. The van der Waals surface area contributed by atoms with Gasteiger partial charge in [0, 0.05) is 19.0 Å². The maximum atomic E-state index is 12.4. The van der Waals surface area contributed by atoms with E-state index in [2.05, 4.69) is 24.2 Å². The number of thiazole rings is 1. The highest BCUT2D eigenvalue weighted by Gasteiger charge is 2.33.